The molecule has 104 valence electrons. The fraction of sp³-hybridized carbons (Fsp3) is 0.833. The van der Waals surface area contributed by atoms with Crippen LogP contribution in [0.1, 0.15) is 33.1 Å². The normalized spacial score (nSPS) is 19.9. The van der Waals surface area contributed by atoms with E-state index in [2.05, 4.69) is 10.6 Å². The number of carbonyl (C=O) groups excluding carboxylic acids is 1. The van der Waals surface area contributed by atoms with Crippen molar-refractivity contribution in [1.82, 2.24) is 10.6 Å². The molecule has 0 aliphatic carbocycles. The maximum Gasteiger partial charge on any atom is 0.326 e. The summed E-state index contributed by atoms with van der Waals surface area (Å²) in [7, 11) is 0. The second-order valence-corrected chi connectivity index (χ2v) is 5.93. The van der Waals surface area contributed by atoms with Crippen molar-refractivity contribution in [2.75, 3.05) is 11.5 Å². The Morgan fingerprint density at radius 1 is 1.39 bits per heavy atom. The van der Waals surface area contributed by atoms with Crippen LogP contribution < -0.4 is 10.6 Å². The van der Waals surface area contributed by atoms with Crippen molar-refractivity contribution in [3.8, 4) is 0 Å². The third-order valence-electron chi connectivity index (χ3n) is 3.32. The van der Waals surface area contributed by atoms with Gasteiger partial charge in [0.15, 0.2) is 0 Å². The molecule has 5 nitrogen and oxygen atoms in total. The third-order valence-corrected chi connectivity index (χ3v) is 4.37. The highest BCUT2D eigenvalue weighted by molar-refractivity contribution is 7.99. The number of urea groups is 1. The minimum Gasteiger partial charge on any atom is -0.480 e. The van der Waals surface area contributed by atoms with E-state index < -0.39 is 12.0 Å². The van der Waals surface area contributed by atoms with Crippen LogP contribution in [0.4, 0.5) is 4.79 Å². The molecule has 1 aliphatic rings. The summed E-state index contributed by atoms with van der Waals surface area (Å²) in [6.07, 6.45) is 2.63. The number of carboxylic acids is 1. The predicted molar refractivity (Wildman–Crippen MR) is 72.9 cm³/mol. The molecule has 3 N–H and O–H groups in total. The lowest BCUT2D eigenvalue weighted by Gasteiger charge is -2.25. The van der Waals surface area contributed by atoms with Crippen LogP contribution in [0.5, 0.6) is 0 Å². The Bertz CT molecular complexity index is 293. The zero-order valence-corrected chi connectivity index (χ0v) is 11.8. The Labute approximate surface area is 112 Å². The van der Waals surface area contributed by atoms with Gasteiger partial charge in [-0.2, -0.15) is 11.8 Å². The van der Waals surface area contributed by atoms with E-state index >= 15 is 0 Å². The number of rotatable bonds is 5. The van der Waals surface area contributed by atoms with Crippen molar-refractivity contribution in [2.45, 2.75) is 45.2 Å². The minimum absolute atomic E-state index is 0.0739. The van der Waals surface area contributed by atoms with Crippen LogP contribution in [-0.4, -0.2) is 40.7 Å². The zero-order chi connectivity index (χ0) is 13.5. The van der Waals surface area contributed by atoms with Crippen LogP contribution in [0.15, 0.2) is 0 Å². The van der Waals surface area contributed by atoms with Crippen molar-refractivity contribution in [2.24, 2.45) is 5.92 Å². The van der Waals surface area contributed by atoms with E-state index in [4.69, 9.17) is 5.11 Å². The molecule has 0 bridgehead atoms. The highest BCUT2D eigenvalue weighted by Gasteiger charge is 2.26. The minimum atomic E-state index is -0.973. The molecule has 0 aromatic carbocycles. The molecule has 1 heterocycles. The van der Waals surface area contributed by atoms with Crippen LogP contribution in [0.3, 0.4) is 0 Å². The number of nitrogens with one attached hydrogen (secondary N) is 2. The maximum absolute atomic E-state index is 11.8. The number of hydrogen-bond acceptors (Lipinski definition) is 3. The first-order chi connectivity index (χ1) is 8.54. The smallest absolute Gasteiger partial charge is 0.326 e. The molecular weight excluding hydrogens is 252 g/mol. The fourth-order valence-electron chi connectivity index (χ4n) is 1.89. The molecule has 1 aliphatic heterocycles. The number of carbonyl (C=O) groups is 2. The van der Waals surface area contributed by atoms with E-state index in [0.29, 0.717) is 0 Å². The van der Waals surface area contributed by atoms with E-state index in [1.807, 2.05) is 25.6 Å². The molecule has 2 atom stereocenters. The lowest BCUT2D eigenvalue weighted by Crippen LogP contribution is -2.51. The molecule has 1 rings (SSSR count). The van der Waals surface area contributed by atoms with Gasteiger partial charge in [-0.1, -0.05) is 20.3 Å². The van der Waals surface area contributed by atoms with E-state index in [1.165, 1.54) is 0 Å². The Morgan fingerprint density at radius 2 is 2.00 bits per heavy atom. The van der Waals surface area contributed by atoms with E-state index in [1.54, 1.807) is 0 Å². The Morgan fingerprint density at radius 3 is 2.50 bits per heavy atom. The molecule has 6 heteroatoms. The molecule has 2 amide bonds. The van der Waals surface area contributed by atoms with Gasteiger partial charge in [-0.25, -0.2) is 9.59 Å². The number of carboxylic acid groups (broad SMARTS) is 1. The topological polar surface area (TPSA) is 78.4 Å². The van der Waals surface area contributed by atoms with E-state index in [0.717, 1.165) is 30.8 Å². The number of amides is 2. The first-order valence-electron chi connectivity index (χ1n) is 6.42. The van der Waals surface area contributed by atoms with Crippen LogP contribution in [0.25, 0.3) is 0 Å². The molecule has 1 saturated heterocycles. The fourth-order valence-corrected chi connectivity index (χ4v) is 3.00. The first kappa shape index (κ1) is 15.1. The van der Waals surface area contributed by atoms with Gasteiger partial charge in [0, 0.05) is 6.04 Å². The first-order valence-corrected chi connectivity index (χ1v) is 7.57. The van der Waals surface area contributed by atoms with Crippen LogP contribution in [0.2, 0.25) is 0 Å². The molecule has 0 aromatic heterocycles. The van der Waals surface area contributed by atoms with Gasteiger partial charge in [-0.15, -0.1) is 0 Å². The van der Waals surface area contributed by atoms with Gasteiger partial charge in [-0.05, 0) is 30.3 Å². The van der Waals surface area contributed by atoms with Crippen LogP contribution >= 0.6 is 11.8 Å². The van der Waals surface area contributed by atoms with E-state index in [-0.39, 0.29) is 18.0 Å². The predicted octanol–water partition coefficient (Wildman–Crippen LogP) is 1.68. The molecule has 2 unspecified atom stereocenters. The van der Waals surface area contributed by atoms with Gasteiger partial charge in [0.2, 0.25) is 0 Å². The van der Waals surface area contributed by atoms with Crippen molar-refractivity contribution in [3.63, 3.8) is 0 Å². The average Bonchev–Trinajstić information content (AvgIpc) is 2.36. The lowest BCUT2D eigenvalue weighted by atomic mass is 9.99. The number of hydrogen-bond donors (Lipinski definition) is 3. The molecular formula is C12H22N2O3S. The molecule has 0 radical (unpaired) electrons. The summed E-state index contributed by atoms with van der Waals surface area (Å²) >= 11 is 1.89. The summed E-state index contributed by atoms with van der Waals surface area (Å²) in [4.78, 5) is 22.8. The molecule has 0 saturated carbocycles. The molecule has 0 spiro atoms. The Hall–Kier alpha value is -0.910. The van der Waals surface area contributed by atoms with Gasteiger partial charge in [0.1, 0.15) is 6.04 Å². The van der Waals surface area contributed by atoms with Crippen molar-refractivity contribution in [3.05, 3.63) is 0 Å². The Kier molecular flexibility index (Phi) is 6.32. The standard InChI is InChI=1S/C12H22N2O3S/c1-3-8(2)10(11(15)16)14-12(17)13-9-4-6-18-7-5-9/h8-10H,3-7H2,1-2H3,(H,15,16)(H2,13,14,17). The van der Waals surface area contributed by atoms with Gasteiger partial charge >= 0.3 is 12.0 Å². The largest absolute Gasteiger partial charge is 0.480 e. The summed E-state index contributed by atoms with van der Waals surface area (Å²) in [5.74, 6) is 1.06. The quantitative estimate of drug-likeness (QED) is 0.713. The molecule has 0 aromatic rings. The summed E-state index contributed by atoms with van der Waals surface area (Å²) < 4.78 is 0. The third kappa shape index (κ3) is 4.76. The van der Waals surface area contributed by atoms with Crippen LogP contribution in [0, 0.1) is 5.92 Å². The van der Waals surface area contributed by atoms with Crippen molar-refractivity contribution >= 4 is 23.8 Å². The number of thioether (sulfide) groups is 1. The Balaban J connectivity index is 2.42. The lowest BCUT2D eigenvalue weighted by molar-refractivity contribution is -0.140. The second-order valence-electron chi connectivity index (χ2n) is 4.71. The monoisotopic (exact) mass is 274 g/mol. The van der Waals surface area contributed by atoms with Gasteiger partial charge < -0.3 is 15.7 Å². The molecule has 1 fully saturated rings. The summed E-state index contributed by atoms with van der Waals surface area (Å²) in [5.41, 5.74) is 0. The van der Waals surface area contributed by atoms with E-state index in [9.17, 15) is 9.59 Å². The summed E-state index contributed by atoms with van der Waals surface area (Å²) in [5, 5.41) is 14.5. The zero-order valence-electron chi connectivity index (χ0n) is 10.9. The highest BCUT2D eigenvalue weighted by atomic mass is 32.2. The average molecular weight is 274 g/mol. The number of aliphatic carboxylic acids is 1. The van der Waals surface area contributed by atoms with Crippen molar-refractivity contribution < 1.29 is 14.7 Å². The summed E-state index contributed by atoms with van der Waals surface area (Å²) in [6.45, 7) is 3.74. The summed E-state index contributed by atoms with van der Waals surface area (Å²) in [6, 6.07) is -0.995. The van der Waals surface area contributed by atoms with Gasteiger partial charge in [0.25, 0.3) is 0 Å². The van der Waals surface area contributed by atoms with Gasteiger partial charge in [0.05, 0.1) is 0 Å². The SMILES string of the molecule is CCC(C)C(NC(=O)NC1CCSCC1)C(=O)O. The molecule has 18 heavy (non-hydrogen) atoms. The van der Waals surface area contributed by atoms with Crippen molar-refractivity contribution in [1.29, 1.82) is 0 Å². The highest BCUT2D eigenvalue weighted by Crippen LogP contribution is 2.16. The maximum atomic E-state index is 11.8. The van der Waals surface area contributed by atoms with Gasteiger partial charge in [-0.3, -0.25) is 0 Å². The van der Waals surface area contributed by atoms with Crippen LogP contribution in [-0.2, 0) is 4.79 Å². The second kappa shape index (κ2) is 7.51.